The lowest BCUT2D eigenvalue weighted by atomic mass is 10.1. The molecular formula is C10H10ClN5O. The lowest BCUT2D eigenvalue weighted by Crippen LogP contribution is -2.23. The fourth-order valence-corrected chi connectivity index (χ4v) is 1.48. The average Bonchev–Trinajstić information content (AvgIpc) is 2.89. The number of amides is 1. The van der Waals surface area contributed by atoms with Crippen LogP contribution in [0.4, 0.5) is 0 Å². The van der Waals surface area contributed by atoms with Crippen LogP contribution in [-0.2, 0) is 12.4 Å². The quantitative estimate of drug-likeness (QED) is 0.790. The number of benzene rings is 1. The van der Waals surface area contributed by atoms with E-state index in [4.69, 9.17) is 11.6 Å². The maximum atomic E-state index is 11.8. The maximum Gasteiger partial charge on any atom is 0.251 e. The lowest BCUT2D eigenvalue weighted by molar-refractivity contribution is 0.0950. The molecule has 0 bridgehead atoms. The van der Waals surface area contributed by atoms with E-state index in [1.54, 1.807) is 18.2 Å². The summed E-state index contributed by atoms with van der Waals surface area (Å²) in [5, 5.41) is 15.9. The van der Waals surface area contributed by atoms with Crippen LogP contribution in [0.2, 0.25) is 0 Å². The highest BCUT2D eigenvalue weighted by Gasteiger charge is 2.07. The number of tetrazole rings is 1. The SMILES string of the molecule is O=C(NCc1nn[nH]n1)c1cccc(CCl)c1. The van der Waals surface area contributed by atoms with E-state index in [1.807, 2.05) is 6.07 Å². The van der Waals surface area contributed by atoms with Gasteiger partial charge in [-0.15, -0.1) is 21.8 Å². The first-order valence-electron chi connectivity index (χ1n) is 4.95. The number of carbonyl (C=O) groups is 1. The van der Waals surface area contributed by atoms with Crippen molar-refractivity contribution in [1.29, 1.82) is 0 Å². The summed E-state index contributed by atoms with van der Waals surface area (Å²) < 4.78 is 0. The number of nitrogens with one attached hydrogen (secondary N) is 2. The minimum Gasteiger partial charge on any atom is -0.345 e. The molecule has 0 aliphatic rings. The van der Waals surface area contributed by atoms with Crippen molar-refractivity contribution < 1.29 is 4.79 Å². The second kappa shape index (κ2) is 5.40. The Morgan fingerprint density at radius 1 is 1.47 bits per heavy atom. The topological polar surface area (TPSA) is 83.6 Å². The highest BCUT2D eigenvalue weighted by molar-refractivity contribution is 6.17. The Kier molecular flexibility index (Phi) is 3.66. The number of hydrogen-bond acceptors (Lipinski definition) is 4. The normalized spacial score (nSPS) is 10.2. The molecule has 1 aromatic carbocycles. The zero-order valence-electron chi connectivity index (χ0n) is 8.85. The predicted octanol–water partition coefficient (Wildman–Crippen LogP) is 0.868. The van der Waals surface area contributed by atoms with E-state index < -0.39 is 0 Å². The molecular weight excluding hydrogens is 242 g/mol. The van der Waals surface area contributed by atoms with Crippen molar-refractivity contribution >= 4 is 17.5 Å². The first-order valence-corrected chi connectivity index (χ1v) is 5.48. The zero-order valence-corrected chi connectivity index (χ0v) is 9.61. The van der Waals surface area contributed by atoms with Crippen LogP contribution in [0.5, 0.6) is 0 Å². The van der Waals surface area contributed by atoms with Gasteiger partial charge in [-0.25, -0.2) is 0 Å². The summed E-state index contributed by atoms with van der Waals surface area (Å²) >= 11 is 5.70. The number of halogens is 1. The van der Waals surface area contributed by atoms with E-state index in [9.17, 15) is 4.79 Å². The van der Waals surface area contributed by atoms with E-state index in [2.05, 4.69) is 25.9 Å². The van der Waals surface area contributed by atoms with Crippen molar-refractivity contribution in [3.8, 4) is 0 Å². The highest BCUT2D eigenvalue weighted by atomic mass is 35.5. The van der Waals surface area contributed by atoms with Gasteiger partial charge in [0, 0.05) is 11.4 Å². The molecule has 0 saturated heterocycles. The van der Waals surface area contributed by atoms with Crippen molar-refractivity contribution in [2.75, 3.05) is 0 Å². The Hall–Kier alpha value is -1.95. The van der Waals surface area contributed by atoms with Gasteiger partial charge in [0.1, 0.15) is 0 Å². The molecule has 88 valence electrons. The van der Waals surface area contributed by atoms with Gasteiger partial charge in [-0.1, -0.05) is 17.3 Å². The predicted molar refractivity (Wildman–Crippen MR) is 61.3 cm³/mol. The van der Waals surface area contributed by atoms with Crippen molar-refractivity contribution in [3.63, 3.8) is 0 Å². The van der Waals surface area contributed by atoms with E-state index in [-0.39, 0.29) is 12.5 Å². The first-order chi connectivity index (χ1) is 8.29. The van der Waals surface area contributed by atoms with Crippen LogP contribution >= 0.6 is 11.6 Å². The largest absolute Gasteiger partial charge is 0.345 e. The van der Waals surface area contributed by atoms with Gasteiger partial charge >= 0.3 is 0 Å². The molecule has 2 rings (SSSR count). The number of nitrogens with zero attached hydrogens (tertiary/aromatic N) is 3. The van der Waals surface area contributed by atoms with Crippen molar-refractivity contribution in [2.24, 2.45) is 0 Å². The molecule has 0 saturated carbocycles. The second-order valence-corrected chi connectivity index (χ2v) is 3.61. The Morgan fingerprint density at radius 3 is 3.06 bits per heavy atom. The van der Waals surface area contributed by atoms with Crippen LogP contribution in [0.15, 0.2) is 24.3 Å². The van der Waals surface area contributed by atoms with E-state index in [0.717, 1.165) is 5.56 Å². The Balaban J connectivity index is 1.99. The molecule has 1 amide bonds. The molecule has 0 aliphatic carbocycles. The Labute approximate surface area is 102 Å². The highest BCUT2D eigenvalue weighted by Crippen LogP contribution is 2.07. The fourth-order valence-electron chi connectivity index (χ4n) is 1.31. The summed E-state index contributed by atoms with van der Waals surface area (Å²) in [7, 11) is 0. The molecule has 6 nitrogen and oxygen atoms in total. The summed E-state index contributed by atoms with van der Waals surface area (Å²) in [5.74, 6) is 0.625. The maximum absolute atomic E-state index is 11.8. The number of hydrogen-bond donors (Lipinski definition) is 2. The van der Waals surface area contributed by atoms with Crippen LogP contribution in [0.1, 0.15) is 21.7 Å². The zero-order chi connectivity index (χ0) is 12.1. The van der Waals surface area contributed by atoms with Gasteiger partial charge in [-0.2, -0.15) is 5.21 Å². The number of H-pyrrole nitrogens is 1. The van der Waals surface area contributed by atoms with Crippen LogP contribution < -0.4 is 5.32 Å². The monoisotopic (exact) mass is 251 g/mol. The molecule has 0 atom stereocenters. The van der Waals surface area contributed by atoms with Gasteiger partial charge < -0.3 is 5.32 Å². The van der Waals surface area contributed by atoms with Crippen molar-refractivity contribution in [3.05, 3.63) is 41.2 Å². The average molecular weight is 252 g/mol. The van der Waals surface area contributed by atoms with Crippen molar-refractivity contribution in [2.45, 2.75) is 12.4 Å². The summed E-state index contributed by atoms with van der Waals surface area (Å²) in [6.45, 7) is 0.237. The molecule has 1 heterocycles. The second-order valence-electron chi connectivity index (χ2n) is 3.34. The minimum atomic E-state index is -0.193. The summed E-state index contributed by atoms with van der Waals surface area (Å²) in [5.41, 5.74) is 1.46. The summed E-state index contributed by atoms with van der Waals surface area (Å²) in [4.78, 5) is 11.8. The number of aromatic nitrogens is 4. The molecule has 1 aromatic heterocycles. The first kappa shape index (κ1) is 11.5. The molecule has 0 spiro atoms. The van der Waals surface area contributed by atoms with Gasteiger partial charge in [0.15, 0.2) is 5.82 Å². The smallest absolute Gasteiger partial charge is 0.251 e. The van der Waals surface area contributed by atoms with Gasteiger partial charge in [-0.3, -0.25) is 4.79 Å². The van der Waals surface area contributed by atoms with E-state index >= 15 is 0 Å². The molecule has 17 heavy (non-hydrogen) atoms. The Bertz CT molecular complexity index is 499. The third kappa shape index (κ3) is 3.01. The fraction of sp³-hybridized carbons (Fsp3) is 0.200. The standard InChI is InChI=1S/C10H10ClN5O/c11-5-7-2-1-3-8(4-7)10(17)12-6-9-13-15-16-14-9/h1-4H,5-6H2,(H,12,17)(H,13,14,15,16). The molecule has 2 aromatic rings. The number of rotatable bonds is 4. The molecule has 0 aliphatic heterocycles. The van der Waals surface area contributed by atoms with E-state index in [1.165, 1.54) is 0 Å². The van der Waals surface area contributed by atoms with Gasteiger partial charge in [0.2, 0.25) is 0 Å². The molecule has 0 unspecified atom stereocenters. The Morgan fingerprint density at radius 2 is 2.35 bits per heavy atom. The van der Waals surface area contributed by atoms with E-state index in [0.29, 0.717) is 17.3 Å². The number of carbonyl (C=O) groups excluding carboxylic acids is 1. The minimum absolute atomic E-state index is 0.193. The van der Waals surface area contributed by atoms with Crippen LogP contribution in [0.25, 0.3) is 0 Å². The van der Waals surface area contributed by atoms with Crippen molar-refractivity contribution in [1.82, 2.24) is 25.9 Å². The molecule has 0 fully saturated rings. The summed E-state index contributed by atoms with van der Waals surface area (Å²) in [6, 6.07) is 7.13. The molecule has 0 radical (unpaired) electrons. The molecule has 7 heteroatoms. The van der Waals surface area contributed by atoms with Crippen LogP contribution in [0, 0.1) is 0 Å². The van der Waals surface area contributed by atoms with Gasteiger partial charge in [0.05, 0.1) is 6.54 Å². The molecule has 2 N–H and O–H groups in total. The third-order valence-corrected chi connectivity index (χ3v) is 2.45. The number of aromatic amines is 1. The summed E-state index contributed by atoms with van der Waals surface area (Å²) in [6.07, 6.45) is 0. The lowest BCUT2D eigenvalue weighted by Gasteiger charge is -2.03. The van der Waals surface area contributed by atoms with Crippen LogP contribution in [0.3, 0.4) is 0 Å². The van der Waals surface area contributed by atoms with Crippen LogP contribution in [-0.4, -0.2) is 26.5 Å². The third-order valence-electron chi connectivity index (χ3n) is 2.14. The number of alkyl halides is 1. The van der Waals surface area contributed by atoms with Gasteiger partial charge in [0.25, 0.3) is 5.91 Å². The van der Waals surface area contributed by atoms with Gasteiger partial charge in [-0.05, 0) is 17.7 Å².